The van der Waals surface area contributed by atoms with Crippen LogP contribution in [0.1, 0.15) is 76.0 Å². The molecule has 2 atom stereocenters. The second-order valence-corrected chi connectivity index (χ2v) is 10.9. The predicted molar refractivity (Wildman–Crippen MR) is 157 cm³/mol. The summed E-state index contributed by atoms with van der Waals surface area (Å²) >= 11 is 0. The highest BCUT2D eigenvalue weighted by molar-refractivity contribution is 6.24. The lowest BCUT2D eigenvalue weighted by Crippen LogP contribution is -2.27. The summed E-state index contributed by atoms with van der Waals surface area (Å²) < 4.78 is 5.62. The minimum atomic E-state index is -0.113. The lowest BCUT2D eigenvalue weighted by Gasteiger charge is -2.26. The molecule has 1 aromatic heterocycles. The van der Waals surface area contributed by atoms with Gasteiger partial charge < -0.3 is 9.63 Å². The molecule has 6 rings (SSSR count). The third-order valence-corrected chi connectivity index (χ3v) is 8.14. The van der Waals surface area contributed by atoms with Crippen molar-refractivity contribution in [2.24, 2.45) is 4.99 Å². The zero-order valence-corrected chi connectivity index (χ0v) is 22.8. The van der Waals surface area contributed by atoms with Crippen molar-refractivity contribution < 1.29 is 19.2 Å². The Hall–Kier alpha value is -4.58. The summed E-state index contributed by atoms with van der Waals surface area (Å²) in [7, 11) is 0. The van der Waals surface area contributed by atoms with E-state index in [-0.39, 0.29) is 35.6 Å². The number of rotatable bonds is 7. The van der Waals surface area contributed by atoms with Crippen molar-refractivity contribution in [3.63, 3.8) is 0 Å². The zero-order valence-electron chi connectivity index (χ0n) is 22.8. The van der Waals surface area contributed by atoms with E-state index in [0.717, 1.165) is 16.7 Å². The van der Waals surface area contributed by atoms with E-state index in [1.807, 2.05) is 91.0 Å². The van der Waals surface area contributed by atoms with Gasteiger partial charge in [-0.3, -0.25) is 14.6 Å². The molecule has 2 unspecified atom stereocenters. The molecule has 6 heteroatoms. The quantitative estimate of drug-likeness (QED) is 0.198. The molecular formula is C35H32N2O4. The van der Waals surface area contributed by atoms with Crippen LogP contribution in [0.5, 0.6) is 0 Å². The molecular weight excluding hydrogens is 512 g/mol. The number of hydrogen-bond donors (Lipinski definition) is 1. The van der Waals surface area contributed by atoms with Gasteiger partial charge in [0.2, 0.25) is 0 Å². The van der Waals surface area contributed by atoms with Crippen molar-refractivity contribution in [1.82, 2.24) is 5.16 Å². The van der Waals surface area contributed by atoms with E-state index in [9.17, 15) is 14.7 Å². The van der Waals surface area contributed by atoms with Crippen molar-refractivity contribution in [2.75, 3.05) is 0 Å². The molecule has 1 N–H and O–H groups in total. The van der Waals surface area contributed by atoms with Crippen molar-refractivity contribution >= 4 is 17.3 Å². The van der Waals surface area contributed by atoms with Gasteiger partial charge in [0.05, 0.1) is 29.1 Å². The van der Waals surface area contributed by atoms with Crippen LogP contribution in [0.25, 0.3) is 0 Å². The smallest absolute Gasteiger partial charge is 0.168 e. The number of allylic oxidation sites excluding steroid dienone is 2. The molecule has 0 aliphatic heterocycles. The Kier molecular flexibility index (Phi) is 7.72. The summed E-state index contributed by atoms with van der Waals surface area (Å²) in [5.74, 6) is 0.560. The van der Waals surface area contributed by atoms with E-state index in [0.29, 0.717) is 67.0 Å². The highest BCUT2D eigenvalue weighted by atomic mass is 16.5. The summed E-state index contributed by atoms with van der Waals surface area (Å²) in [6, 6.07) is 29.9. The lowest BCUT2D eigenvalue weighted by atomic mass is 9.78. The van der Waals surface area contributed by atoms with Gasteiger partial charge in [-0.25, -0.2) is 0 Å². The number of Topliss-reactive ketones (excluding diaryl/α,β-unsaturated/α-hetero) is 2. The molecule has 0 spiro atoms. The van der Waals surface area contributed by atoms with Crippen molar-refractivity contribution in [3.05, 3.63) is 136 Å². The van der Waals surface area contributed by atoms with Crippen LogP contribution in [0.4, 0.5) is 0 Å². The Morgan fingerprint density at radius 3 is 2.02 bits per heavy atom. The number of aromatic nitrogens is 1. The molecule has 41 heavy (non-hydrogen) atoms. The molecule has 6 nitrogen and oxygen atoms in total. The first-order chi connectivity index (χ1) is 20.1. The van der Waals surface area contributed by atoms with Crippen LogP contribution < -0.4 is 0 Å². The van der Waals surface area contributed by atoms with E-state index >= 15 is 0 Å². The molecule has 2 aliphatic rings. The summed E-state index contributed by atoms with van der Waals surface area (Å²) in [6.45, 7) is 0.426. The highest BCUT2D eigenvalue weighted by Gasteiger charge is 2.34. The molecule has 2 aliphatic carbocycles. The van der Waals surface area contributed by atoms with Crippen LogP contribution in [-0.2, 0) is 24.2 Å². The predicted octanol–water partition coefficient (Wildman–Crippen LogP) is 7.12. The number of hydrogen-bond acceptors (Lipinski definition) is 6. The SMILES string of the molecule is O=C1CC(c2ccccc2)CC(=NCc2ccccc2)C1=C(O)CCc1noc2c1C(=O)CC(c1ccccc1)C2. The van der Waals surface area contributed by atoms with Crippen molar-refractivity contribution in [3.8, 4) is 0 Å². The number of aliphatic imine (C=N–C) groups is 1. The standard InChI is InChI=1S/C35H32N2O4/c38-30(17-16-28-35-32(40)20-27(21-33(35)41-37-28)25-14-8-3-9-15-25)34-29(36-22-23-10-4-1-5-11-23)18-26(19-31(34)39)24-12-6-2-7-13-24/h1-15,26-27,38H,16-22H2. The first-order valence-corrected chi connectivity index (χ1v) is 14.2. The van der Waals surface area contributed by atoms with Gasteiger partial charge in [-0.15, -0.1) is 0 Å². The number of ketones is 2. The molecule has 0 radical (unpaired) electrons. The Balaban J connectivity index is 1.23. The molecule has 1 saturated carbocycles. The number of fused-ring (bicyclic) bond motifs is 1. The first-order valence-electron chi connectivity index (χ1n) is 14.2. The summed E-state index contributed by atoms with van der Waals surface area (Å²) in [4.78, 5) is 31.5. The molecule has 206 valence electrons. The Bertz CT molecular complexity index is 1600. The number of aliphatic hydroxyl groups excluding tert-OH is 1. The number of aliphatic hydroxyl groups is 1. The van der Waals surface area contributed by atoms with Crippen LogP contribution in [-0.4, -0.2) is 27.5 Å². The van der Waals surface area contributed by atoms with Crippen LogP contribution in [0.2, 0.25) is 0 Å². The number of carbonyl (C=O) groups excluding carboxylic acids is 2. The maximum absolute atomic E-state index is 13.5. The summed E-state index contributed by atoms with van der Waals surface area (Å²) in [6.07, 6.45) is 2.37. The van der Waals surface area contributed by atoms with Gasteiger partial charge in [0, 0.05) is 32.1 Å². The normalized spacial score (nSPS) is 21.1. The molecule has 3 aromatic carbocycles. The Morgan fingerprint density at radius 1 is 0.780 bits per heavy atom. The van der Waals surface area contributed by atoms with E-state index in [1.165, 1.54) is 0 Å². The largest absolute Gasteiger partial charge is 0.511 e. The van der Waals surface area contributed by atoms with Crippen molar-refractivity contribution in [2.45, 2.75) is 56.9 Å². The molecule has 1 fully saturated rings. The molecule has 1 heterocycles. The fourth-order valence-electron chi connectivity index (χ4n) is 6.03. The van der Waals surface area contributed by atoms with E-state index in [2.05, 4.69) is 5.16 Å². The summed E-state index contributed by atoms with van der Waals surface area (Å²) in [5, 5.41) is 15.5. The van der Waals surface area contributed by atoms with E-state index in [4.69, 9.17) is 9.52 Å². The number of carbonyl (C=O) groups is 2. The third kappa shape index (κ3) is 5.82. The Morgan fingerprint density at radius 2 is 1.37 bits per heavy atom. The molecule has 0 saturated heterocycles. The number of benzene rings is 3. The Labute approximate surface area is 239 Å². The first kappa shape index (κ1) is 26.6. The van der Waals surface area contributed by atoms with Gasteiger partial charge in [-0.05, 0) is 34.9 Å². The minimum Gasteiger partial charge on any atom is -0.511 e. The fraction of sp³-hybridized carbons (Fsp3) is 0.257. The van der Waals surface area contributed by atoms with Crippen molar-refractivity contribution in [1.29, 1.82) is 0 Å². The summed E-state index contributed by atoms with van der Waals surface area (Å²) in [5.41, 5.74) is 5.24. The molecule has 0 bridgehead atoms. The maximum Gasteiger partial charge on any atom is 0.168 e. The average molecular weight is 545 g/mol. The van der Waals surface area contributed by atoms with E-state index in [1.54, 1.807) is 0 Å². The molecule has 0 amide bonds. The molecule has 4 aromatic rings. The van der Waals surface area contributed by atoms with Gasteiger partial charge in [0.25, 0.3) is 0 Å². The van der Waals surface area contributed by atoms with Crippen LogP contribution in [0.3, 0.4) is 0 Å². The van der Waals surface area contributed by atoms with Gasteiger partial charge >= 0.3 is 0 Å². The second-order valence-electron chi connectivity index (χ2n) is 10.9. The average Bonchev–Trinajstić information content (AvgIpc) is 3.43. The second kappa shape index (κ2) is 11.9. The monoisotopic (exact) mass is 544 g/mol. The lowest BCUT2D eigenvalue weighted by molar-refractivity contribution is -0.116. The number of nitrogens with zero attached hydrogens (tertiary/aromatic N) is 2. The van der Waals surface area contributed by atoms with Crippen LogP contribution in [0, 0.1) is 0 Å². The minimum absolute atomic E-state index is 0.00417. The van der Waals surface area contributed by atoms with Gasteiger partial charge in [0.1, 0.15) is 11.5 Å². The van der Waals surface area contributed by atoms with Gasteiger partial charge in [-0.1, -0.05) is 96.2 Å². The van der Waals surface area contributed by atoms with Gasteiger partial charge in [-0.2, -0.15) is 0 Å². The zero-order chi connectivity index (χ0) is 28.2. The van der Waals surface area contributed by atoms with Gasteiger partial charge in [0.15, 0.2) is 11.6 Å². The van der Waals surface area contributed by atoms with Crippen LogP contribution in [0.15, 0.2) is 112 Å². The number of aryl methyl sites for hydroxylation is 1. The topological polar surface area (TPSA) is 92.8 Å². The third-order valence-electron chi connectivity index (χ3n) is 8.14. The maximum atomic E-state index is 13.5. The van der Waals surface area contributed by atoms with E-state index < -0.39 is 0 Å². The fourth-order valence-corrected chi connectivity index (χ4v) is 6.03. The highest BCUT2D eigenvalue weighted by Crippen LogP contribution is 2.36. The van der Waals surface area contributed by atoms with Crippen LogP contribution >= 0.6 is 0 Å².